The highest BCUT2D eigenvalue weighted by Gasteiger charge is 2.79. The predicted octanol–water partition coefficient (Wildman–Crippen LogP) is 5.40. The Morgan fingerprint density at radius 2 is 0.938 bits per heavy atom. The Hall–Kier alpha value is 1.25. The van der Waals surface area contributed by atoms with E-state index in [0.29, 0.717) is 0 Å². The van der Waals surface area contributed by atoms with E-state index in [1.807, 2.05) is 0 Å². The summed E-state index contributed by atoms with van der Waals surface area (Å²) in [6, 6.07) is 0. The van der Waals surface area contributed by atoms with Crippen LogP contribution in [0.1, 0.15) is 62.3 Å². The second-order valence-corrected chi connectivity index (χ2v) is 24.9. The van der Waals surface area contributed by atoms with Crippen molar-refractivity contribution in [3.8, 4) is 0 Å². The van der Waals surface area contributed by atoms with Crippen molar-refractivity contribution in [1.29, 1.82) is 0 Å². The van der Waals surface area contributed by atoms with Gasteiger partial charge < -0.3 is 4.89 Å². The Labute approximate surface area is 104 Å². The van der Waals surface area contributed by atoms with E-state index in [-0.39, 0.29) is 30.1 Å². The molecule has 0 bridgehead atoms. The molecule has 0 radical (unpaired) electrons. The maximum absolute atomic E-state index is 13.4. The molecule has 0 aliphatic carbocycles. The Kier molecular flexibility index (Phi) is 3.70. The second-order valence-electron chi connectivity index (χ2n) is 7.64. The van der Waals surface area contributed by atoms with Crippen LogP contribution >= 0.6 is 21.5 Å². The largest absolute Gasteiger partial charge is 0.674 e. The topological polar surface area (TPSA) is 23.1 Å². The van der Waals surface area contributed by atoms with Crippen molar-refractivity contribution in [2.45, 2.75) is 77.8 Å². The highest BCUT2D eigenvalue weighted by Crippen LogP contribution is 3.33. The number of hydrogen-bond donors (Lipinski definition) is 0. The summed E-state index contributed by atoms with van der Waals surface area (Å²) >= 11 is 0. The van der Waals surface area contributed by atoms with Crippen LogP contribution in [0.5, 0.6) is 0 Å². The summed E-state index contributed by atoms with van der Waals surface area (Å²) in [4.78, 5) is 13.4. The first kappa shape index (κ1) is 15.3. The summed E-state index contributed by atoms with van der Waals surface area (Å²) in [7, 11) is -0.512. The van der Waals surface area contributed by atoms with Gasteiger partial charge in [-0.3, -0.25) is 0 Å². The maximum atomic E-state index is 13.4. The van der Waals surface area contributed by atoms with Gasteiger partial charge in [0.15, 0.2) is 0 Å². The quantitative estimate of drug-likeness (QED) is 0.545. The molecule has 1 aliphatic rings. The summed E-state index contributed by atoms with van der Waals surface area (Å²) in [6.45, 7) is 18.3. The predicted molar refractivity (Wildman–Crippen MR) is 80.0 cm³/mol. The molecule has 0 N–H and O–H groups in total. The van der Waals surface area contributed by atoms with E-state index < -0.39 is 6.87 Å². The lowest BCUT2D eigenvalue weighted by atomic mass is 10.3. The Balaban J connectivity index is 3.13. The molecule has 1 fully saturated rings. The van der Waals surface area contributed by atoms with E-state index >= 15 is 0 Å². The molecule has 1 rings (SSSR count). The molecule has 4 heteroatoms. The van der Waals surface area contributed by atoms with Crippen LogP contribution in [0.25, 0.3) is 0 Å². The van der Waals surface area contributed by atoms with Gasteiger partial charge in [0, 0.05) is 17.2 Å². The lowest BCUT2D eigenvalue weighted by Crippen LogP contribution is -2.21. The molecule has 16 heavy (non-hydrogen) atoms. The first-order chi connectivity index (χ1) is 6.74. The van der Waals surface area contributed by atoms with Gasteiger partial charge in [-0.2, -0.15) is 0 Å². The summed E-state index contributed by atoms with van der Waals surface area (Å²) in [5.74, 6) is 0. The highest BCUT2D eigenvalue weighted by atomic mass is 33.0. The number of hydrogen-bond acceptors (Lipinski definition) is 1. The van der Waals surface area contributed by atoms with Crippen LogP contribution in [0.4, 0.5) is 0 Å². The molecule has 0 aromatic heterocycles. The first-order valence-electron chi connectivity index (χ1n) is 5.95. The zero-order valence-electron chi connectivity index (χ0n) is 12.2. The van der Waals surface area contributed by atoms with Crippen LogP contribution in [0.2, 0.25) is 0 Å². The van der Waals surface area contributed by atoms with E-state index in [9.17, 15) is 4.89 Å². The maximum Gasteiger partial charge on any atom is 0.123 e. The van der Waals surface area contributed by atoms with Gasteiger partial charge in [0.05, 0.1) is 5.16 Å². The summed E-state index contributed by atoms with van der Waals surface area (Å²) in [6.07, 6.45) is 0. The fourth-order valence-electron chi connectivity index (χ4n) is 2.13. The SMILES string of the molecule is CC(C)(C)P1P(C(C)(C)C)[P+]1([O-])C(C)(C)C. The van der Waals surface area contributed by atoms with Gasteiger partial charge in [-0.05, 0) is 20.8 Å². The molecule has 0 amide bonds. The van der Waals surface area contributed by atoms with Crippen molar-refractivity contribution in [2.24, 2.45) is 0 Å². The van der Waals surface area contributed by atoms with Crippen molar-refractivity contribution in [2.75, 3.05) is 0 Å². The van der Waals surface area contributed by atoms with E-state index in [2.05, 4.69) is 62.3 Å². The van der Waals surface area contributed by atoms with E-state index in [4.69, 9.17) is 0 Å². The van der Waals surface area contributed by atoms with Crippen molar-refractivity contribution in [1.82, 2.24) is 0 Å². The number of rotatable bonds is 0. The molecule has 1 heterocycles. The van der Waals surface area contributed by atoms with Gasteiger partial charge in [-0.25, -0.2) is 0 Å². The molecule has 2 unspecified atom stereocenters. The molecule has 0 aromatic carbocycles. The summed E-state index contributed by atoms with van der Waals surface area (Å²) in [5.41, 5.74) is 0. The fraction of sp³-hybridized carbons (Fsp3) is 1.00. The molecular weight excluding hydrogens is 253 g/mol. The van der Waals surface area contributed by atoms with Crippen molar-refractivity contribution >= 4 is 21.5 Å². The second kappa shape index (κ2) is 3.87. The average molecular weight is 280 g/mol. The zero-order valence-corrected chi connectivity index (χ0v) is 14.9. The van der Waals surface area contributed by atoms with Crippen LogP contribution < -0.4 is 4.89 Å². The van der Waals surface area contributed by atoms with Crippen LogP contribution in [-0.2, 0) is 0 Å². The molecule has 0 saturated carbocycles. The van der Waals surface area contributed by atoms with E-state index in [1.165, 1.54) is 0 Å². The van der Waals surface area contributed by atoms with Crippen molar-refractivity contribution in [3.63, 3.8) is 0 Å². The molecular formula is C12H27OP3. The van der Waals surface area contributed by atoms with Crippen molar-refractivity contribution in [3.05, 3.63) is 0 Å². The minimum absolute atomic E-state index is 0.0188. The molecule has 96 valence electrons. The van der Waals surface area contributed by atoms with Gasteiger partial charge in [0.1, 0.15) is 14.6 Å². The van der Waals surface area contributed by atoms with E-state index in [0.717, 1.165) is 0 Å². The molecule has 0 spiro atoms. The minimum Gasteiger partial charge on any atom is -0.674 e. The fourth-order valence-corrected chi connectivity index (χ4v) is 41.0. The first-order valence-corrected chi connectivity index (χ1v) is 12.5. The summed E-state index contributed by atoms with van der Waals surface area (Å²) < 4.78 is 0. The van der Waals surface area contributed by atoms with Crippen LogP contribution in [0, 0.1) is 0 Å². The Morgan fingerprint density at radius 1 is 0.688 bits per heavy atom. The lowest BCUT2D eigenvalue weighted by molar-refractivity contribution is -0.160. The van der Waals surface area contributed by atoms with E-state index in [1.54, 1.807) is 0 Å². The Morgan fingerprint density at radius 3 is 1.00 bits per heavy atom. The molecule has 2 atom stereocenters. The highest BCUT2D eigenvalue weighted by molar-refractivity contribution is 9.13. The van der Waals surface area contributed by atoms with Gasteiger partial charge in [-0.15, -0.1) is 0 Å². The molecule has 0 aromatic rings. The zero-order chi connectivity index (χ0) is 13.2. The monoisotopic (exact) mass is 280 g/mol. The minimum atomic E-state index is -1.93. The van der Waals surface area contributed by atoms with Crippen LogP contribution in [0.3, 0.4) is 0 Å². The third kappa shape index (κ3) is 2.36. The average Bonchev–Trinajstić information content (AvgIpc) is 2.53. The van der Waals surface area contributed by atoms with Gasteiger partial charge in [-0.1, -0.05) is 41.5 Å². The smallest absolute Gasteiger partial charge is 0.123 e. The standard InChI is InChI=1S/C12H27OP3/c1-10(2,3)14-15(11(4,5)6)16(14,13)12(7,8)9/h1-9H3. The Bertz CT molecular complexity index is 260. The summed E-state index contributed by atoms with van der Waals surface area (Å²) in [5, 5.41) is 0.541. The van der Waals surface area contributed by atoms with Crippen molar-refractivity contribution < 1.29 is 4.89 Å². The third-order valence-electron chi connectivity index (χ3n) is 2.74. The molecule has 1 nitrogen and oxygen atoms in total. The van der Waals surface area contributed by atoms with Gasteiger partial charge >= 0.3 is 0 Å². The lowest BCUT2D eigenvalue weighted by Gasteiger charge is -2.32. The molecule has 1 aliphatic heterocycles. The van der Waals surface area contributed by atoms with Crippen LogP contribution in [-0.4, -0.2) is 15.5 Å². The molecule has 1 saturated heterocycles. The van der Waals surface area contributed by atoms with Gasteiger partial charge in [0.25, 0.3) is 0 Å². The van der Waals surface area contributed by atoms with Crippen LogP contribution in [0.15, 0.2) is 0 Å². The third-order valence-corrected chi connectivity index (χ3v) is 30.7. The normalized spacial score (nSPS) is 36.4. The van der Waals surface area contributed by atoms with Gasteiger partial charge in [0.2, 0.25) is 0 Å².